The molecule has 8 nitrogen and oxygen atoms in total. The fourth-order valence-corrected chi connectivity index (χ4v) is 4.22. The highest BCUT2D eigenvalue weighted by molar-refractivity contribution is 7.90. The summed E-state index contributed by atoms with van der Waals surface area (Å²) < 4.78 is 36.2. The van der Waals surface area contributed by atoms with Crippen LogP contribution in [0.4, 0.5) is 5.69 Å². The summed E-state index contributed by atoms with van der Waals surface area (Å²) in [5, 5.41) is 2.69. The van der Waals surface area contributed by atoms with Crippen molar-refractivity contribution >= 4 is 21.4 Å². The minimum Gasteiger partial charge on any atom is -0.459 e. The summed E-state index contributed by atoms with van der Waals surface area (Å²) in [5.74, 6) is -0.235. The number of nitrogens with zero attached hydrogens (tertiary/aromatic N) is 2. The van der Waals surface area contributed by atoms with Gasteiger partial charge in [0.25, 0.3) is 5.91 Å². The summed E-state index contributed by atoms with van der Waals surface area (Å²) in [6.07, 6.45) is 5.79. The third kappa shape index (κ3) is 4.96. The van der Waals surface area contributed by atoms with E-state index in [0.717, 1.165) is 0 Å². The smallest absolute Gasteiger partial charge is 0.291 e. The van der Waals surface area contributed by atoms with Gasteiger partial charge in [0.1, 0.15) is 5.75 Å². The Morgan fingerprint density at radius 3 is 2.65 bits per heavy atom. The molecule has 156 valence electrons. The molecule has 0 aliphatic rings. The Morgan fingerprint density at radius 1 is 1.03 bits per heavy atom. The third-order valence-corrected chi connectivity index (χ3v) is 5.94. The number of aromatic nitrogens is 2. The third-order valence-electron chi connectivity index (χ3n) is 4.25. The minimum absolute atomic E-state index is 0.0697. The molecule has 0 atom stereocenters. The van der Waals surface area contributed by atoms with Gasteiger partial charge in [0.15, 0.2) is 15.6 Å². The quantitative estimate of drug-likeness (QED) is 0.465. The van der Waals surface area contributed by atoms with Crippen LogP contribution < -0.4 is 10.1 Å². The van der Waals surface area contributed by atoms with Gasteiger partial charge in [0, 0.05) is 29.7 Å². The molecule has 9 heteroatoms. The van der Waals surface area contributed by atoms with E-state index in [0.29, 0.717) is 17.3 Å². The van der Waals surface area contributed by atoms with Gasteiger partial charge in [0.05, 0.1) is 23.1 Å². The molecule has 1 amide bonds. The SMILES string of the molecule is O=C(Nc1cccc(Oc2cnccn2)c1)c1occc1CS(=O)(=O)c1ccccc1. The zero-order valence-corrected chi connectivity index (χ0v) is 17.0. The molecular weight excluding hydrogens is 418 g/mol. The van der Waals surface area contributed by atoms with E-state index in [2.05, 4.69) is 15.3 Å². The molecule has 1 N–H and O–H groups in total. The van der Waals surface area contributed by atoms with Crippen molar-refractivity contribution < 1.29 is 22.4 Å². The van der Waals surface area contributed by atoms with Crippen LogP contribution in [-0.4, -0.2) is 24.3 Å². The van der Waals surface area contributed by atoms with E-state index in [1.54, 1.807) is 42.5 Å². The number of ether oxygens (including phenoxy) is 1. The summed E-state index contributed by atoms with van der Waals surface area (Å²) in [6.45, 7) is 0. The first-order chi connectivity index (χ1) is 15.0. The highest BCUT2D eigenvalue weighted by Gasteiger charge is 2.22. The van der Waals surface area contributed by atoms with Crippen LogP contribution in [0.5, 0.6) is 11.6 Å². The molecule has 0 aliphatic heterocycles. The van der Waals surface area contributed by atoms with Gasteiger partial charge in [-0.25, -0.2) is 13.4 Å². The number of nitrogens with one attached hydrogen (secondary N) is 1. The Hall–Kier alpha value is -3.98. The Kier molecular flexibility index (Phi) is 5.76. The first-order valence-electron chi connectivity index (χ1n) is 9.21. The van der Waals surface area contributed by atoms with E-state index < -0.39 is 15.7 Å². The van der Waals surface area contributed by atoms with Crippen molar-refractivity contribution in [3.8, 4) is 11.6 Å². The lowest BCUT2D eigenvalue weighted by Crippen LogP contribution is -2.14. The van der Waals surface area contributed by atoms with E-state index in [9.17, 15) is 13.2 Å². The molecule has 0 fully saturated rings. The van der Waals surface area contributed by atoms with Crippen LogP contribution in [0.2, 0.25) is 0 Å². The molecule has 0 radical (unpaired) electrons. The standard InChI is InChI=1S/C22H17N3O5S/c26-22(25-17-5-4-6-18(13-17)30-20-14-23-10-11-24-20)21-16(9-12-29-21)15-31(27,28)19-7-2-1-3-8-19/h1-14H,15H2,(H,25,26). The number of benzene rings is 2. The predicted octanol–water partition coefficient (Wildman–Crippen LogP) is 4.09. The number of furan rings is 1. The van der Waals surface area contributed by atoms with Crippen LogP contribution >= 0.6 is 0 Å². The lowest BCUT2D eigenvalue weighted by Gasteiger charge is -2.08. The molecule has 4 aromatic rings. The van der Waals surface area contributed by atoms with Gasteiger partial charge in [-0.05, 0) is 30.3 Å². The summed E-state index contributed by atoms with van der Waals surface area (Å²) in [6, 6.07) is 16.2. The number of hydrogen-bond acceptors (Lipinski definition) is 7. The molecule has 2 aromatic heterocycles. The van der Waals surface area contributed by atoms with Crippen LogP contribution in [-0.2, 0) is 15.6 Å². The Balaban J connectivity index is 1.49. The van der Waals surface area contributed by atoms with Crippen LogP contribution in [0.1, 0.15) is 16.1 Å². The lowest BCUT2D eigenvalue weighted by molar-refractivity contribution is 0.0996. The highest BCUT2D eigenvalue weighted by atomic mass is 32.2. The summed E-state index contributed by atoms with van der Waals surface area (Å²) in [7, 11) is -3.63. The van der Waals surface area contributed by atoms with Crippen molar-refractivity contribution in [2.75, 3.05) is 5.32 Å². The minimum atomic E-state index is -3.63. The molecule has 2 aromatic carbocycles. The number of hydrogen-bond donors (Lipinski definition) is 1. The fourth-order valence-electron chi connectivity index (χ4n) is 2.85. The van der Waals surface area contributed by atoms with E-state index >= 15 is 0 Å². The monoisotopic (exact) mass is 435 g/mol. The topological polar surface area (TPSA) is 111 Å². The summed E-state index contributed by atoms with van der Waals surface area (Å²) in [4.78, 5) is 20.9. The van der Waals surface area contributed by atoms with Crippen molar-refractivity contribution in [1.82, 2.24) is 9.97 Å². The van der Waals surface area contributed by atoms with E-state index in [1.807, 2.05) is 0 Å². The second kappa shape index (κ2) is 8.80. The highest BCUT2D eigenvalue weighted by Crippen LogP contribution is 2.24. The van der Waals surface area contributed by atoms with Gasteiger partial charge in [-0.3, -0.25) is 9.78 Å². The van der Waals surface area contributed by atoms with Crippen LogP contribution in [0, 0.1) is 0 Å². The number of carbonyl (C=O) groups is 1. The maximum Gasteiger partial charge on any atom is 0.291 e. The second-order valence-electron chi connectivity index (χ2n) is 6.47. The fraction of sp³-hybridized carbons (Fsp3) is 0.0455. The van der Waals surface area contributed by atoms with E-state index in [-0.39, 0.29) is 22.0 Å². The first-order valence-corrected chi connectivity index (χ1v) is 10.9. The van der Waals surface area contributed by atoms with Gasteiger partial charge in [-0.2, -0.15) is 0 Å². The molecule has 2 heterocycles. The second-order valence-corrected chi connectivity index (χ2v) is 8.46. The van der Waals surface area contributed by atoms with E-state index in [4.69, 9.17) is 9.15 Å². The van der Waals surface area contributed by atoms with Crippen LogP contribution in [0.3, 0.4) is 0 Å². The average molecular weight is 435 g/mol. The van der Waals surface area contributed by atoms with Crippen molar-refractivity contribution in [2.24, 2.45) is 0 Å². The number of rotatable bonds is 7. The Bertz CT molecular complexity index is 1290. The van der Waals surface area contributed by atoms with Crippen molar-refractivity contribution in [2.45, 2.75) is 10.6 Å². The molecule has 31 heavy (non-hydrogen) atoms. The van der Waals surface area contributed by atoms with Gasteiger partial charge < -0.3 is 14.5 Å². The predicted molar refractivity (Wildman–Crippen MR) is 113 cm³/mol. The summed E-state index contributed by atoms with van der Waals surface area (Å²) >= 11 is 0. The van der Waals surface area contributed by atoms with Crippen LogP contribution in [0.25, 0.3) is 0 Å². The number of sulfone groups is 1. The number of anilines is 1. The Labute approximate surface area is 178 Å². The molecule has 0 saturated heterocycles. The molecule has 0 unspecified atom stereocenters. The Morgan fingerprint density at radius 2 is 1.87 bits per heavy atom. The number of carbonyl (C=O) groups excluding carboxylic acids is 1. The summed E-state index contributed by atoms with van der Waals surface area (Å²) in [5.41, 5.74) is 0.716. The molecule has 0 saturated carbocycles. The molecule has 0 bridgehead atoms. The zero-order chi connectivity index (χ0) is 21.7. The van der Waals surface area contributed by atoms with Gasteiger partial charge in [0.2, 0.25) is 5.88 Å². The first kappa shape index (κ1) is 20.3. The van der Waals surface area contributed by atoms with Gasteiger partial charge in [-0.1, -0.05) is 24.3 Å². The van der Waals surface area contributed by atoms with E-state index in [1.165, 1.54) is 43.1 Å². The van der Waals surface area contributed by atoms with Crippen LogP contribution in [0.15, 0.2) is 94.8 Å². The maximum absolute atomic E-state index is 12.7. The number of amides is 1. The molecule has 0 aliphatic carbocycles. The average Bonchev–Trinajstić information content (AvgIpc) is 3.23. The molecular formula is C22H17N3O5S. The normalized spacial score (nSPS) is 11.1. The largest absolute Gasteiger partial charge is 0.459 e. The van der Waals surface area contributed by atoms with Gasteiger partial charge >= 0.3 is 0 Å². The van der Waals surface area contributed by atoms with Crippen molar-refractivity contribution in [3.63, 3.8) is 0 Å². The molecule has 4 rings (SSSR count). The zero-order valence-electron chi connectivity index (χ0n) is 16.1. The maximum atomic E-state index is 12.7. The molecule has 0 spiro atoms. The van der Waals surface area contributed by atoms with Crippen molar-refractivity contribution in [1.29, 1.82) is 0 Å². The lowest BCUT2D eigenvalue weighted by atomic mass is 10.2. The van der Waals surface area contributed by atoms with Crippen molar-refractivity contribution in [3.05, 3.63) is 96.8 Å². The van der Waals surface area contributed by atoms with Gasteiger partial charge in [-0.15, -0.1) is 0 Å².